The molecule has 0 spiro atoms. The summed E-state index contributed by atoms with van der Waals surface area (Å²) >= 11 is 0. The summed E-state index contributed by atoms with van der Waals surface area (Å²) in [4.78, 5) is 21.5. The van der Waals surface area contributed by atoms with Crippen LogP contribution in [0.25, 0.3) is 0 Å². The molecule has 1 aromatic carbocycles. The minimum Gasteiger partial charge on any atom is -0.336 e. The predicted octanol–water partition coefficient (Wildman–Crippen LogP) is 1.90. The van der Waals surface area contributed by atoms with Crippen molar-refractivity contribution in [3.05, 3.63) is 35.1 Å². The third-order valence-corrected chi connectivity index (χ3v) is 3.62. The van der Waals surface area contributed by atoms with Gasteiger partial charge in [0, 0.05) is 31.2 Å². The van der Waals surface area contributed by atoms with E-state index in [1.807, 2.05) is 0 Å². The van der Waals surface area contributed by atoms with Crippen molar-refractivity contribution in [2.45, 2.75) is 12.3 Å². The fraction of sp³-hybridized carbons (Fsp3) is 0.357. The van der Waals surface area contributed by atoms with Gasteiger partial charge in [-0.15, -0.1) is 0 Å². The number of hydrogen-bond donors (Lipinski definition) is 0. The van der Waals surface area contributed by atoms with E-state index >= 15 is 0 Å². The van der Waals surface area contributed by atoms with E-state index in [2.05, 4.69) is 9.98 Å². The Morgan fingerprint density at radius 3 is 2.81 bits per heavy atom. The molecular formula is C14H12F3N3O. The van der Waals surface area contributed by atoms with Crippen molar-refractivity contribution in [1.29, 1.82) is 0 Å². The zero-order valence-corrected chi connectivity index (χ0v) is 11.0. The smallest absolute Gasteiger partial charge is 0.223 e. The van der Waals surface area contributed by atoms with Gasteiger partial charge in [-0.05, 0) is 11.6 Å². The van der Waals surface area contributed by atoms with Crippen LogP contribution in [0.5, 0.6) is 0 Å². The van der Waals surface area contributed by atoms with Gasteiger partial charge in [-0.25, -0.2) is 13.2 Å². The van der Waals surface area contributed by atoms with E-state index in [1.54, 1.807) is 6.21 Å². The van der Waals surface area contributed by atoms with Crippen LogP contribution in [0.1, 0.15) is 17.9 Å². The van der Waals surface area contributed by atoms with Gasteiger partial charge in [0.15, 0.2) is 11.6 Å². The highest BCUT2D eigenvalue weighted by Crippen LogP contribution is 2.31. The molecule has 0 N–H and O–H groups in total. The molecular weight excluding hydrogens is 283 g/mol. The van der Waals surface area contributed by atoms with Crippen LogP contribution in [0.4, 0.5) is 13.2 Å². The molecule has 1 atom stereocenters. The van der Waals surface area contributed by atoms with E-state index in [-0.39, 0.29) is 31.0 Å². The number of likely N-dealkylation sites (tertiary alicyclic amines) is 1. The molecule has 1 amide bonds. The van der Waals surface area contributed by atoms with E-state index in [0.717, 1.165) is 6.07 Å². The lowest BCUT2D eigenvalue weighted by atomic mass is 9.97. The summed E-state index contributed by atoms with van der Waals surface area (Å²) in [6.45, 7) is 0.855. The lowest BCUT2D eigenvalue weighted by Crippen LogP contribution is -2.31. The minimum atomic E-state index is -1.23. The Kier molecular flexibility index (Phi) is 3.48. The Morgan fingerprint density at radius 1 is 1.29 bits per heavy atom. The van der Waals surface area contributed by atoms with Gasteiger partial charge in [-0.2, -0.15) is 0 Å². The molecule has 2 aliphatic rings. The van der Waals surface area contributed by atoms with Crippen molar-refractivity contribution in [2.75, 3.05) is 19.8 Å². The lowest BCUT2D eigenvalue weighted by Gasteiger charge is -2.16. The van der Waals surface area contributed by atoms with Crippen LogP contribution < -0.4 is 0 Å². The van der Waals surface area contributed by atoms with E-state index in [9.17, 15) is 18.0 Å². The summed E-state index contributed by atoms with van der Waals surface area (Å²) in [6.07, 6.45) is 1.62. The van der Waals surface area contributed by atoms with Crippen LogP contribution >= 0.6 is 0 Å². The first-order chi connectivity index (χ1) is 10.0. The van der Waals surface area contributed by atoms with Crippen LogP contribution in [0.15, 0.2) is 22.1 Å². The van der Waals surface area contributed by atoms with Crippen molar-refractivity contribution in [2.24, 2.45) is 9.98 Å². The van der Waals surface area contributed by atoms with Crippen LogP contribution in [0.3, 0.4) is 0 Å². The highest BCUT2D eigenvalue weighted by molar-refractivity contribution is 6.32. The molecule has 3 rings (SSSR count). The summed E-state index contributed by atoms with van der Waals surface area (Å²) < 4.78 is 40.3. The van der Waals surface area contributed by atoms with Crippen molar-refractivity contribution in [1.82, 2.24) is 4.90 Å². The molecule has 2 heterocycles. The minimum absolute atomic E-state index is 0.0320. The number of amides is 1. The third kappa shape index (κ3) is 2.68. The summed E-state index contributed by atoms with van der Waals surface area (Å²) in [5.41, 5.74) is 0.584. The maximum Gasteiger partial charge on any atom is 0.223 e. The quantitative estimate of drug-likeness (QED) is 0.786. The number of hydrogen-bond acceptors (Lipinski definition) is 3. The molecule has 110 valence electrons. The van der Waals surface area contributed by atoms with Gasteiger partial charge in [0.25, 0.3) is 0 Å². The topological polar surface area (TPSA) is 45.0 Å². The first kappa shape index (κ1) is 13.8. The summed E-state index contributed by atoms with van der Waals surface area (Å²) in [6, 6.07) is 1.45. The van der Waals surface area contributed by atoms with Crippen molar-refractivity contribution >= 4 is 17.8 Å². The summed E-state index contributed by atoms with van der Waals surface area (Å²) in [5, 5.41) is 0. The van der Waals surface area contributed by atoms with Crippen LogP contribution in [-0.4, -0.2) is 42.5 Å². The maximum absolute atomic E-state index is 13.8. The zero-order chi connectivity index (χ0) is 15.0. The molecule has 1 fully saturated rings. The Hall–Kier alpha value is -2.18. The zero-order valence-electron chi connectivity index (χ0n) is 11.0. The van der Waals surface area contributed by atoms with Crippen LogP contribution in [0, 0.1) is 17.5 Å². The summed E-state index contributed by atoms with van der Waals surface area (Å²) in [5.74, 6) is -3.91. The van der Waals surface area contributed by atoms with Gasteiger partial charge in [0.2, 0.25) is 5.91 Å². The standard InChI is InChI=1S/C14H12F3N3O/c15-9-2-11(14(17)12(16)3-9)8-1-13(21)20(5-8)6-10-4-18-7-19-10/h2-4,8H,1,5-7H2. The molecule has 0 saturated carbocycles. The largest absolute Gasteiger partial charge is 0.336 e. The van der Waals surface area contributed by atoms with E-state index in [1.165, 1.54) is 4.90 Å². The van der Waals surface area contributed by atoms with Gasteiger partial charge >= 0.3 is 0 Å². The van der Waals surface area contributed by atoms with Crippen molar-refractivity contribution in [3.63, 3.8) is 0 Å². The fourth-order valence-electron chi connectivity index (χ4n) is 2.61. The molecule has 1 aromatic rings. The molecule has 1 saturated heterocycles. The second-order valence-electron chi connectivity index (χ2n) is 5.07. The molecule has 0 aromatic heterocycles. The van der Waals surface area contributed by atoms with Gasteiger partial charge in [-0.1, -0.05) is 0 Å². The average Bonchev–Trinajstić information content (AvgIpc) is 3.05. The average molecular weight is 295 g/mol. The summed E-state index contributed by atoms with van der Waals surface area (Å²) in [7, 11) is 0. The van der Waals surface area contributed by atoms with Gasteiger partial charge < -0.3 is 4.90 Å². The fourth-order valence-corrected chi connectivity index (χ4v) is 2.61. The SMILES string of the molecule is O=C1CC(c2cc(F)cc(F)c2F)CN1CC1=NCN=C1. The van der Waals surface area contributed by atoms with Gasteiger partial charge in [0.05, 0.1) is 12.3 Å². The lowest BCUT2D eigenvalue weighted by molar-refractivity contribution is -0.127. The molecule has 0 aliphatic carbocycles. The first-order valence-corrected chi connectivity index (χ1v) is 6.50. The Morgan fingerprint density at radius 2 is 2.10 bits per heavy atom. The van der Waals surface area contributed by atoms with E-state index in [0.29, 0.717) is 18.4 Å². The molecule has 0 bridgehead atoms. The Balaban J connectivity index is 1.79. The maximum atomic E-state index is 13.8. The number of aliphatic imine (C=N–C) groups is 2. The Labute approximate surface area is 119 Å². The molecule has 7 heteroatoms. The molecule has 0 radical (unpaired) electrons. The molecule has 2 aliphatic heterocycles. The van der Waals surface area contributed by atoms with Crippen molar-refractivity contribution in [3.8, 4) is 0 Å². The number of carbonyl (C=O) groups excluding carboxylic acids is 1. The number of halogens is 3. The predicted molar refractivity (Wildman–Crippen MR) is 71.0 cm³/mol. The number of benzene rings is 1. The highest BCUT2D eigenvalue weighted by Gasteiger charge is 2.33. The molecule has 21 heavy (non-hydrogen) atoms. The monoisotopic (exact) mass is 295 g/mol. The Bertz CT molecular complexity index is 657. The number of nitrogens with zero attached hydrogens (tertiary/aromatic N) is 3. The molecule has 1 unspecified atom stereocenters. The van der Waals surface area contributed by atoms with Gasteiger partial charge in [0.1, 0.15) is 12.5 Å². The number of rotatable bonds is 3. The number of carbonyl (C=O) groups is 1. The highest BCUT2D eigenvalue weighted by atomic mass is 19.2. The first-order valence-electron chi connectivity index (χ1n) is 6.50. The molecule has 4 nitrogen and oxygen atoms in total. The van der Waals surface area contributed by atoms with E-state index in [4.69, 9.17) is 0 Å². The van der Waals surface area contributed by atoms with Crippen LogP contribution in [-0.2, 0) is 4.79 Å². The second-order valence-corrected chi connectivity index (χ2v) is 5.07. The normalized spacial score (nSPS) is 21.3. The van der Waals surface area contributed by atoms with Crippen LogP contribution in [0.2, 0.25) is 0 Å². The third-order valence-electron chi connectivity index (χ3n) is 3.62. The second kappa shape index (κ2) is 5.31. The van der Waals surface area contributed by atoms with Gasteiger partial charge in [-0.3, -0.25) is 14.8 Å². The van der Waals surface area contributed by atoms with Crippen molar-refractivity contribution < 1.29 is 18.0 Å². The van der Waals surface area contributed by atoms with E-state index < -0.39 is 23.4 Å².